The van der Waals surface area contributed by atoms with E-state index in [9.17, 15) is 0 Å². The zero-order valence-corrected chi connectivity index (χ0v) is 25.5. The van der Waals surface area contributed by atoms with Gasteiger partial charge in [-0.1, -0.05) is 220 Å². The maximum atomic E-state index is 2.34. The molecule has 0 aromatic carbocycles. The monoisotopic (exact) mass is 493 g/mol. The van der Waals surface area contributed by atoms with E-state index in [-0.39, 0.29) is 0 Å². The van der Waals surface area contributed by atoms with Crippen molar-refractivity contribution in [3.63, 3.8) is 0 Å². The summed E-state index contributed by atoms with van der Waals surface area (Å²) in [7, 11) is 0. The minimum Gasteiger partial charge on any atom is -0.0654 e. The first kappa shape index (κ1) is 35.0. The number of unbranched alkanes of at least 4 members (excludes halogenated alkanes) is 25. The maximum absolute atomic E-state index is 2.34. The molecule has 0 aromatic rings. The second-order valence-corrected chi connectivity index (χ2v) is 12.1. The molecule has 0 rings (SSSR count). The molecule has 0 bridgehead atoms. The Morgan fingerprint density at radius 3 is 0.629 bits per heavy atom. The zero-order valence-electron chi connectivity index (χ0n) is 25.5. The van der Waals surface area contributed by atoms with Crippen LogP contribution in [-0.2, 0) is 0 Å². The molecule has 35 heavy (non-hydrogen) atoms. The van der Waals surface area contributed by atoms with Crippen LogP contribution in [0.15, 0.2) is 0 Å². The Kier molecular flexibility index (Phi) is 32.0. The largest absolute Gasteiger partial charge is 0.0654 e. The van der Waals surface area contributed by atoms with Crippen molar-refractivity contribution < 1.29 is 0 Å². The summed E-state index contributed by atoms with van der Waals surface area (Å²) in [5, 5.41) is 0. The normalized spacial score (nSPS) is 12.4. The molecule has 0 aromatic heterocycles. The third kappa shape index (κ3) is 30.1. The molecule has 1 unspecified atom stereocenters. The van der Waals surface area contributed by atoms with Gasteiger partial charge in [0.1, 0.15) is 0 Å². The quantitative estimate of drug-likeness (QED) is 0.0844. The summed E-state index contributed by atoms with van der Waals surface area (Å²) in [5.41, 5.74) is 0. The molecule has 0 N–H and O–H groups in total. The summed E-state index contributed by atoms with van der Waals surface area (Å²) in [4.78, 5) is 0. The molecule has 212 valence electrons. The highest BCUT2D eigenvalue weighted by molar-refractivity contribution is 4.62. The molecule has 0 saturated heterocycles. The first-order chi connectivity index (χ1) is 17.3. The molecule has 0 spiro atoms. The molecule has 0 nitrogen and oxygen atoms in total. The Bertz CT molecular complexity index is 346. The highest BCUT2D eigenvalue weighted by atomic mass is 14.1. The van der Waals surface area contributed by atoms with Crippen LogP contribution in [0.5, 0.6) is 0 Å². The van der Waals surface area contributed by atoms with Crippen LogP contribution in [-0.4, -0.2) is 0 Å². The van der Waals surface area contributed by atoms with Crippen molar-refractivity contribution in [1.82, 2.24) is 0 Å². The second-order valence-electron chi connectivity index (χ2n) is 12.1. The Morgan fingerprint density at radius 2 is 0.400 bits per heavy atom. The Hall–Kier alpha value is 0. The van der Waals surface area contributed by atoms with Crippen molar-refractivity contribution >= 4 is 0 Å². The fraction of sp³-hybridized carbons (Fsp3) is 1.00. The van der Waals surface area contributed by atoms with E-state index in [1.54, 1.807) is 0 Å². The van der Waals surface area contributed by atoms with Crippen LogP contribution in [0, 0.1) is 5.92 Å². The third-order valence-corrected chi connectivity index (χ3v) is 8.40. The molecule has 0 aliphatic carbocycles. The van der Waals surface area contributed by atoms with Gasteiger partial charge in [-0.15, -0.1) is 0 Å². The summed E-state index contributed by atoms with van der Waals surface area (Å²) < 4.78 is 0. The molecule has 0 amide bonds. The average molecular weight is 493 g/mol. The first-order valence-corrected chi connectivity index (χ1v) is 17.3. The highest BCUT2D eigenvalue weighted by Gasteiger charge is 2.08. The first-order valence-electron chi connectivity index (χ1n) is 17.3. The van der Waals surface area contributed by atoms with Gasteiger partial charge in [-0.05, 0) is 5.92 Å². The van der Waals surface area contributed by atoms with E-state index in [4.69, 9.17) is 0 Å². The molecular weight excluding hydrogens is 420 g/mol. The summed E-state index contributed by atoms with van der Waals surface area (Å²) in [5.74, 6) is 1.04. The van der Waals surface area contributed by atoms with Gasteiger partial charge in [0.15, 0.2) is 0 Å². The van der Waals surface area contributed by atoms with Crippen molar-refractivity contribution in [2.75, 3.05) is 0 Å². The van der Waals surface area contributed by atoms with Gasteiger partial charge in [0.2, 0.25) is 0 Å². The molecule has 0 radical (unpaired) electrons. The molecule has 0 fully saturated rings. The molecular formula is C35H72. The number of hydrogen-bond donors (Lipinski definition) is 0. The van der Waals surface area contributed by atoms with Crippen molar-refractivity contribution in [2.45, 2.75) is 220 Å². The lowest BCUT2D eigenvalue weighted by Gasteiger charge is -2.17. The van der Waals surface area contributed by atoms with E-state index in [2.05, 4.69) is 20.8 Å². The standard InChI is InChI=1S/C35H72/c1-4-7-10-13-15-17-19-20-22-24-26-28-31-34-35(32-29-12-9-6-3)33-30-27-25-23-21-18-16-14-11-8-5-2/h35H,4-34H2,1-3H3. The van der Waals surface area contributed by atoms with Crippen molar-refractivity contribution in [3.8, 4) is 0 Å². The second kappa shape index (κ2) is 32.0. The fourth-order valence-corrected chi connectivity index (χ4v) is 5.84. The average Bonchev–Trinajstić information content (AvgIpc) is 2.87. The van der Waals surface area contributed by atoms with Crippen LogP contribution < -0.4 is 0 Å². The van der Waals surface area contributed by atoms with Gasteiger partial charge in [0, 0.05) is 0 Å². The zero-order chi connectivity index (χ0) is 25.5. The summed E-state index contributed by atoms with van der Waals surface area (Å²) >= 11 is 0. The van der Waals surface area contributed by atoms with E-state index in [0.29, 0.717) is 0 Å². The lowest BCUT2D eigenvalue weighted by atomic mass is 9.89. The molecule has 0 aliphatic rings. The molecule has 0 heterocycles. The number of hydrogen-bond acceptors (Lipinski definition) is 0. The highest BCUT2D eigenvalue weighted by Crippen LogP contribution is 2.25. The van der Waals surface area contributed by atoms with Crippen LogP contribution in [0.1, 0.15) is 220 Å². The smallest absolute Gasteiger partial charge is 0.0414 e. The van der Waals surface area contributed by atoms with Crippen LogP contribution in [0.25, 0.3) is 0 Å². The van der Waals surface area contributed by atoms with Gasteiger partial charge in [0.25, 0.3) is 0 Å². The van der Waals surface area contributed by atoms with Gasteiger partial charge in [-0.25, -0.2) is 0 Å². The Morgan fingerprint density at radius 1 is 0.229 bits per heavy atom. The van der Waals surface area contributed by atoms with E-state index in [1.807, 2.05) is 0 Å². The number of rotatable bonds is 31. The Balaban J connectivity index is 3.65. The van der Waals surface area contributed by atoms with Crippen LogP contribution in [0.2, 0.25) is 0 Å². The molecule has 0 aliphatic heterocycles. The van der Waals surface area contributed by atoms with E-state index >= 15 is 0 Å². The van der Waals surface area contributed by atoms with Gasteiger partial charge in [-0.2, -0.15) is 0 Å². The van der Waals surface area contributed by atoms with Crippen molar-refractivity contribution in [2.24, 2.45) is 5.92 Å². The van der Waals surface area contributed by atoms with E-state index in [0.717, 1.165) is 5.92 Å². The van der Waals surface area contributed by atoms with Crippen LogP contribution in [0.4, 0.5) is 0 Å². The minimum absolute atomic E-state index is 1.04. The van der Waals surface area contributed by atoms with Gasteiger partial charge in [0.05, 0.1) is 0 Å². The summed E-state index contributed by atoms with van der Waals surface area (Å²) in [6.45, 7) is 6.97. The SMILES string of the molecule is CCCCCCCCCCCCCCCC(CCCCCC)CCCCCCCCCCCCC. The summed E-state index contributed by atoms with van der Waals surface area (Å²) in [6, 6.07) is 0. The Labute approximate surface area is 225 Å². The minimum atomic E-state index is 1.04. The van der Waals surface area contributed by atoms with Gasteiger partial charge in [-0.3, -0.25) is 0 Å². The predicted octanol–water partition coefficient (Wildman–Crippen LogP) is 13.8. The van der Waals surface area contributed by atoms with Crippen LogP contribution >= 0.6 is 0 Å². The van der Waals surface area contributed by atoms with Gasteiger partial charge >= 0.3 is 0 Å². The molecule has 1 atom stereocenters. The lowest BCUT2D eigenvalue weighted by Crippen LogP contribution is -2.01. The topological polar surface area (TPSA) is 0 Å². The maximum Gasteiger partial charge on any atom is -0.0414 e. The molecule has 0 saturated carbocycles. The molecule has 0 heteroatoms. The van der Waals surface area contributed by atoms with E-state index in [1.165, 1.54) is 199 Å². The van der Waals surface area contributed by atoms with Gasteiger partial charge < -0.3 is 0 Å². The third-order valence-electron chi connectivity index (χ3n) is 8.40. The van der Waals surface area contributed by atoms with Crippen molar-refractivity contribution in [3.05, 3.63) is 0 Å². The van der Waals surface area contributed by atoms with Crippen LogP contribution in [0.3, 0.4) is 0 Å². The summed E-state index contributed by atoms with van der Waals surface area (Å²) in [6.07, 6.45) is 45.8. The lowest BCUT2D eigenvalue weighted by molar-refractivity contribution is 0.366. The van der Waals surface area contributed by atoms with E-state index < -0.39 is 0 Å². The predicted molar refractivity (Wildman–Crippen MR) is 164 cm³/mol. The fourth-order valence-electron chi connectivity index (χ4n) is 5.84. The van der Waals surface area contributed by atoms with Crippen molar-refractivity contribution in [1.29, 1.82) is 0 Å².